The van der Waals surface area contributed by atoms with E-state index in [4.69, 9.17) is 16.3 Å². The van der Waals surface area contributed by atoms with Gasteiger partial charge in [0, 0.05) is 23.5 Å². The molecule has 0 aliphatic heterocycles. The maximum Gasteiger partial charge on any atom is 0.407 e. The van der Waals surface area contributed by atoms with Crippen LogP contribution in [0.4, 0.5) is 9.59 Å². The van der Waals surface area contributed by atoms with Gasteiger partial charge in [-0.05, 0) is 65.6 Å². The highest BCUT2D eigenvalue weighted by Gasteiger charge is 2.31. The van der Waals surface area contributed by atoms with E-state index in [1.165, 1.54) is 5.56 Å². The molecule has 4 rings (SSSR count). The van der Waals surface area contributed by atoms with Gasteiger partial charge in [0.05, 0.1) is 0 Å². The van der Waals surface area contributed by atoms with Crippen LogP contribution in [0.15, 0.2) is 72.8 Å². The van der Waals surface area contributed by atoms with Crippen molar-refractivity contribution in [3.05, 3.63) is 106 Å². The van der Waals surface area contributed by atoms with Gasteiger partial charge < -0.3 is 20.5 Å². The number of hydrogen-bond acceptors (Lipinski definition) is 3. The Morgan fingerprint density at radius 2 is 1.77 bits per heavy atom. The van der Waals surface area contributed by atoms with Gasteiger partial charge in [0.15, 0.2) is 0 Å². The van der Waals surface area contributed by atoms with Crippen LogP contribution in [0.3, 0.4) is 0 Å². The molecule has 0 heterocycles. The summed E-state index contributed by atoms with van der Waals surface area (Å²) in [5, 5.41) is 15.6. The molecule has 0 radical (unpaired) electrons. The van der Waals surface area contributed by atoms with Crippen LogP contribution >= 0.6 is 11.6 Å². The van der Waals surface area contributed by atoms with Crippen molar-refractivity contribution in [1.82, 2.24) is 10.6 Å². The Bertz CT molecular complexity index is 1170. The minimum Gasteiger partial charge on any atom is -0.465 e. The van der Waals surface area contributed by atoms with Crippen LogP contribution in [-0.4, -0.2) is 29.9 Å². The second-order valence-electron chi connectivity index (χ2n) is 8.81. The summed E-state index contributed by atoms with van der Waals surface area (Å²) in [5.74, 6) is -0.00272. The Morgan fingerprint density at radius 3 is 2.54 bits per heavy atom. The lowest BCUT2D eigenvalue weighted by Gasteiger charge is -2.34. The Balaban J connectivity index is 1.41. The van der Waals surface area contributed by atoms with Crippen LogP contribution in [0.5, 0.6) is 0 Å². The fraction of sp³-hybridized carbons (Fsp3) is 0.286. The van der Waals surface area contributed by atoms with E-state index in [-0.39, 0.29) is 18.6 Å². The molecule has 3 aromatic carbocycles. The molecule has 0 saturated heterocycles. The van der Waals surface area contributed by atoms with Gasteiger partial charge in [-0.3, -0.25) is 0 Å². The molecule has 2 atom stereocenters. The second-order valence-corrected chi connectivity index (χ2v) is 9.24. The van der Waals surface area contributed by atoms with Crippen molar-refractivity contribution in [1.29, 1.82) is 0 Å². The summed E-state index contributed by atoms with van der Waals surface area (Å²) in [4.78, 5) is 23.5. The Hall–Kier alpha value is -3.51. The van der Waals surface area contributed by atoms with E-state index in [1.54, 1.807) is 0 Å². The lowest BCUT2D eigenvalue weighted by atomic mass is 9.75. The highest BCUT2D eigenvalue weighted by molar-refractivity contribution is 6.30. The summed E-state index contributed by atoms with van der Waals surface area (Å²) in [5.41, 5.74) is 5.48. The van der Waals surface area contributed by atoms with Gasteiger partial charge in [-0.2, -0.15) is 0 Å². The standard InChI is InChI=1S/C28H29ClN2O4/c29-23-8-4-7-21(15-23)17-25-24-16-19(9-10-22(24)11-12-26(25)31-27(32)33)13-14-30-28(34)35-18-20-5-2-1-3-6-20/h1-10,15-16,25-26,31H,11-14,17-18H2,(H,30,34)(H,32,33). The molecule has 2 unspecified atom stereocenters. The summed E-state index contributed by atoms with van der Waals surface area (Å²) in [6.07, 6.45) is 1.44. The average Bonchev–Trinajstić information content (AvgIpc) is 2.85. The molecule has 0 aromatic heterocycles. The first kappa shape index (κ1) is 24.6. The summed E-state index contributed by atoms with van der Waals surface area (Å²) in [6.45, 7) is 0.677. The molecule has 1 aliphatic carbocycles. The zero-order chi connectivity index (χ0) is 24.6. The normalized spacial score (nSPS) is 16.7. The number of rotatable bonds is 8. The molecular formula is C28H29ClN2O4. The van der Waals surface area contributed by atoms with Crippen molar-refractivity contribution in [2.75, 3.05) is 6.54 Å². The predicted molar refractivity (Wildman–Crippen MR) is 136 cm³/mol. The Kier molecular flexibility index (Phi) is 8.27. The molecule has 6 nitrogen and oxygen atoms in total. The van der Waals surface area contributed by atoms with Crippen LogP contribution in [0.25, 0.3) is 0 Å². The van der Waals surface area contributed by atoms with E-state index in [1.807, 2.05) is 54.6 Å². The largest absolute Gasteiger partial charge is 0.465 e. The summed E-state index contributed by atoms with van der Waals surface area (Å²) >= 11 is 6.19. The van der Waals surface area contributed by atoms with E-state index in [2.05, 4.69) is 28.8 Å². The van der Waals surface area contributed by atoms with Gasteiger partial charge in [0.2, 0.25) is 0 Å². The number of fused-ring (bicyclic) bond motifs is 1. The van der Waals surface area contributed by atoms with E-state index < -0.39 is 12.2 Å². The number of alkyl carbamates (subject to hydrolysis) is 1. The second kappa shape index (κ2) is 11.8. The number of nitrogens with one attached hydrogen (secondary N) is 2. The maximum absolute atomic E-state index is 12.1. The van der Waals surface area contributed by atoms with Gasteiger partial charge in [0.1, 0.15) is 6.61 Å². The van der Waals surface area contributed by atoms with Crippen LogP contribution in [0, 0.1) is 0 Å². The molecule has 182 valence electrons. The van der Waals surface area contributed by atoms with E-state index in [0.717, 1.165) is 35.1 Å². The van der Waals surface area contributed by atoms with Gasteiger partial charge in [-0.15, -0.1) is 0 Å². The SMILES string of the molecule is O=C(O)NC1CCc2ccc(CCNC(=O)OCc3ccccc3)cc2C1Cc1cccc(Cl)c1. The summed E-state index contributed by atoms with van der Waals surface area (Å²) < 4.78 is 5.28. The van der Waals surface area contributed by atoms with Crippen LogP contribution in [0.1, 0.15) is 40.2 Å². The number of carbonyl (C=O) groups excluding carboxylic acids is 1. The van der Waals surface area contributed by atoms with Crippen LogP contribution < -0.4 is 10.6 Å². The van der Waals surface area contributed by atoms with E-state index >= 15 is 0 Å². The molecule has 35 heavy (non-hydrogen) atoms. The predicted octanol–water partition coefficient (Wildman–Crippen LogP) is 5.72. The number of aryl methyl sites for hydroxylation is 1. The monoisotopic (exact) mass is 492 g/mol. The molecule has 2 amide bonds. The third-order valence-corrected chi connectivity index (χ3v) is 6.60. The first-order valence-electron chi connectivity index (χ1n) is 11.8. The van der Waals surface area contributed by atoms with Crippen LogP contribution in [-0.2, 0) is 30.6 Å². The zero-order valence-corrected chi connectivity index (χ0v) is 20.1. The van der Waals surface area contributed by atoms with Gasteiger partial charge in [-0.1, -0.05) is 72.3 Å². The number of halogens is 1. The van der Waals surface area contributed by atoms with E-state index in [9.17, 15) is 14.7 Å². The Labute approximate surface area is 210 Å². The molecule has 0 saturated carbocycles. The molecule has 3 N–H and O–H groups in total. The number of amides is 2. The molecular weight excluding hydrogens is 464 g/mol. The van der Waals surface area contributed by atoms with Crippen molar-refractivity contribution < 1.29 is 19.4 Å². The zero-order valence-electron chi connectivity index (χ0n) is 19.4. The average molecular weight is 493 g/mol. The number of hydrogen-bond donors (Lipinski definition) is 3. The first-order valence-corrected chi connectivity index (χ1v) is 12.2. The van der Waals surface area contributed by atoms with Gasteiger partial charge in [0.25, 0.3) is 0 Å². The van der Waals surface area contributed by atoms with Gasteiger partial charge in [-0.25, -0.2) is 9.59 Å². The molecule has 0 bridgehead atoms. The lowest BCUT2D eigenvalue weighted by molar-refractivity contribution is 0.140. The number of carboxylic acid groups (broad SMARTS) is 1. The quantitative estimate of drug-likeness (QED) is 0.375. The van der Waals surface area contributed by atoms with Crippen molar-refractivity contribution in [3.63, 3.8) is 0 Å². The third kappa shape index (κ3) is 6.99. The molecule has 0 fully saturated rings. The van der Waals surface area contributed by atoms with Gasteiger partial charge >= 0.3 is 12.2 Å². The number of ether oxygens (including phenoxy) is 1. The molecule has 3 aromatic rings. The van der Waals surface area contributed by atoms with Crippen molar-refractivity contribution in [2.24, 2.45) is 0 Å². The maximum atomic E-state index is 12.1. The minimum atomic E-state index is -1.01. The minimum absolute atomic E-state index is 0.00272. The molecule has 1 aliphatic rings. The number of carbonyl (C=O) groups is 2. The smallest absolute Gasteiger partial charge is 0.407 e. The summed E-state index contributed by atoms with van der Waals surface area (Å²) in [7, 11) is 0. The first-order chi connectivity index (χ1) is 17.0. The number of benzene rings is 3. The van der Waals surface area contributed by atoms with Crippen molar-refractivity contribution >= 4 is 23.8 Å². The third-order valence-electron chi connectivity index (χ3n) is 6.37. The van der Waals surface area contributed by atoms with E-state index in [0.29, 0.717) is 24.4 Å². The van der Waals surface area contributed by atoms with Crippen LogP contribution in [0.2, 0.25) is 5.02 Å². The highest BCUT2D eigenvalue weighted by atomic mass is 35.5. The highest BCUT2D eigenvalue weighted by Crippen LogP contribution is 2.35. The topological polar surface area (TPSA) is 87.7 Å². The molecule has 7 heteroatoms. The summed E-state index contributed by atoms with van der Waals surface area (Å²) in [6, 6.07) is 23.4. The Morgan fingerprint density at radius 1 is 0.971 bits per heavy atom. The van der Waals surface area contributed by atoms with Crippen molar-refractivity contribution in [2.45, 2.75) is 44.2 Å². The lowest BCUT2D eigenvalue weighted by Crippen LogP contribution is -2.42. The fourth-order valence-electron chi connectivity index (χ4n) is 4.69. The fourth-order valence-corrected chi connectivity index (χ4v) is 4.90. The molecule has 0 spiro atoms. The van der Waals surface area contributed by atoms with Crippen molar-refractivity contribution in [3.8, 4) is 0 Å².